The molecule has 1 aliphatic carbocycles. The summed E-state index contributed by atoms with van der Waals surface area (Å²) in [5, 5.41) is 3.03. The smallest absolute Gasteiger partial charge is 0.220 e. The fourth-order valence-corrected chi connectivity index (χ4v) is 3.82. The average molecular weight is 380 g/mol. The number of hydrogen-bond donors (Lipinski definition) is 1. The van der Waals surface area contributed by atoms with Gasteiger partial charge in [0.05, 0.1) is 18.7 Å². The van der Waals surface area contributed by atoms with Gasteiger partial charge in [-0.3, -0.25) is 9.59 Å². The lowest BCUT2D eigenvalue weighted by Crippen LogP contribution is -2.27. The molecule has 28 heavy (non-hydrogen) atoms. The molecule has 0 saturated heterocycles. The molecule has 1 atom stereocenters. The second-order valence-corrected chi connectivity index (χ2v) is 7.65. The standard InChI is InChI=1S/C24H29NO3/c1-16-8-12-23(28-3)21(14-16)22(26)11-13-24(27)25-17(2)19-10-9-18-6-4-5-7-20(18)15-19/h8-10,12,14-15,17H,4-7,11,13H2,1-3H3,(H,25,27). The average Bonchev–Trinajstić information content (AvgIpc) is 2.71. The SMILES string of the molecule is COc1ccc(C)cc1C(=O)CCC(=O)NC(C)c1ccc2c(c1)CCCC2. The fraction of sp³-hybridized carbons (Fsp3) is 0.417. The molecule has 0 aliphatic heterocycles. The predicted octanol–water partition coefficient (Wildman–Crippen LogP) is 4.72. The Morgan fingerprint density at radius 2 is 1.79 bits per heavy atom. The summed E-state index contributed by atoms with van der Waals surface area (Å²) >= 11 is 0. The largest absolute Gasteiger partial charge is 0.496 e. The second-order valence-electron chi connectivity index (χ2n) is 7.65. The Labute approximate surface area is 167 Å². The van der Waals surface area contributed by atoms with Crippen LogP contribution in [-0.4, -0.2) is 18.8 Å². The number of Topliss-reactive ketones (excluding diaryl/α,β-unsaturated/α-hetero) is 1. The zero-order valence-corrected chi connectivity index (χ0v) is 17.0. The van der Waals surface area contributed by atoms with E-state index >= 15 is 0 Å². The van der Waals surface area contributed by atoms with Gasteiger partial charge in [0, 0.05) is 12.8 Å². The van der Waals surface area contributed by atoms with Crippen LogP contribution in [0.5, 0.6) is 5.75 Å². The highest BCUT2D eigenvalue weighted by Crippen LogP contribution is 2.25. The minimum atomic E-state index is -0.106. The van der Waals surface area contributed by atoms with Crippen molar-refractivity contribution in [2.45, 2.75) is 58.4 Å². The Kier molecular flexibility index (Phi) is 6.50. The normalized spacial score (nSPS) is 14.1. The summed E-state index contributed by atoms with van der Waals surface area (Å²) in [6.45, 7) is 3.93. The van der Waals surface area contributed by atoms with Gasteiger partial charge in [-0.2, -0.15) is 0 Å². The number of benzene rings is 2. The summed E-state index contributed by atoms with van der Waals surface area (Å²) in [6.07, 6.45) is 5.12. The monoisotopic (exact) mass is 379 g/mol. The second kappa shape index (κ2) is 9.05. The van der Waals surface area contributed by atoms with E-state index in [2.05, 4.69) is 23.5 Å². The molecular weight excluding hydrogens is 350 g/mol. The summed E-state index contributed by atoms with van der Waals surface area (Å²) < 4.78 is 5.27. The van der Waals surface area contributed by atoms with Crippen LogP contribution in [0, 0.1) is 6.92 Å². The third-order valence-corrected chi connectivity index (χ3v) is 5.48. The highest BCUT2D eigenvalue weighted by atomic mass is 16.5. The van der Waals surface area contributed by atoms with Crippen LogP contribution in [-0.2, 0) is 17.6 Å². The van der Waals surface area contributed by atoms with E-state index in [1.165, 1.54) is 24.0 Å². The molecule has 3 rings (SSSR count). The lowest BCUT2D eigenvalue weighted by molar-refractivity contribution is -0.121. The Hall–Kier alpha value is -2.62. The van der Waals surface area contributed by atoms with E-state index in [0.29, 0.717) is 11.3 Å². The summed E-state index contributed by atoms with van der Waals surface area (Å²) in [4.78, 5) is 24.9. The van der Waals surface area contributed by atoms with Crippen molar-refractivity contribution in [2.75, 3.05) is 7.11 Å². The van der Waals surface area contributed by atoms with Gasteiger partial charge in [0.1, 0.15) is 5.75 Å². The first kappa shape index (κ1) is 20.1. The Morgan fingerprint density at radius 3 is 2.54 bits per heavy atom. The number of ether oxygens (including phenoxy) is 1. The van der Waals surface area contributed by atoms with Crippen LogP contribution < -0.4 is 10.1 Å². The summed E-state index contributed by atoms with van der Waals surface area (Å²) in [5.41, 5.74) is 5.51. The van der Waals surface area contributed by atoms with Crippen molar-refractivity contribution >= 4 is 11.7 Å². The van der Waals surface area contributed by atoms with Crippen molar-refractivity contribution in [3.05, 3.63) is 64.2 Å². The first-order valence-corrected chi connectivity index (χ1v) is 10.1. The van der Waals surface area contributed by atoms with Gasteiger partial charge >= 0.3 is 0 Å². The topological polar surface area (TPSA) is 55.4 Å². The molecule has 1 N–H and O–H groups in total. The number of rotatable bonds is 7. The maximum absolute atomic E-state index is 12.5. The number of carbonyl (C=O) groups is 2. The lowest BCUT2D eigenvalue weighted by Gasteiger charge is -2.20. The van der Waals surface area contributed by atoms with Gasteiger partial charge in [-0.05, 0) is 68.4 Å². The van der Waals surface area contributed by atoms with Gasteiger partial charge in [0.2, 0.25) is 5.91 Å². The number of nitrogens with one attached hydrogen (secondary N) is 1. The van der Waals surface area contributed by atoms with Gasteiger partial charge in [-0.1, -0.05) is 29.8 Å². The number of hydrogen-bond acceptors (Lipinski definition) is 3. The van der Waals surface area contributed by atoms with E-state index in [0.717, 1.165) is 24.0 Å². The van der Waals surface area contributed by atoms with E-state index in [1.54, 1.807) is 13.2 Å². The van der Waals surface area contributed by atoms with E-state index in [-0.39, 0.29) is 30.6 Å². The van der Waals surface area contributed by atoms with Crippen molar-refractivity contribution in [3.63, 3.8) is 0 Å². The van der Waals surface area contributed by atoms with Gasteiger partial charge in [0.15, 0.2) is 5.78 Å². The molecule has 1 amide bonds. The maximum atomic E-state index is 12.5. The molecule has 2 aromatic rings. The molecule has 0 aromatic heterocycles. The van der Waals surface area contributed by atoms with E-state index in [1.807, 2.05) is 26.0 Å². The van der Waals surface area contributed by atoms with Crippen LogP contribution in [0.3, 0.4) is 0 Å². The Morgan fingerprint density at radius 1 is 1.04 bits per heavy atom. The van der Waals surface area contributed by atoms with E-state index in [9.17, 15) is 9.59 Å². The van der Waals surface area contributed by atoms with Gasteiger partial charge in [0.25, 0.3) is 0 Å². The van der Waals surface area contributed by atoms with Crippen LogP contribution in [0.1, 0.15) is 71.3 Å². The zero-order valence-electron chi connectivity index (χ0n) is 17.0. The van der Waals surface area contributed by atoms with E-state index < -0.39 is 0 Å². The van der Waals surface area contributed by atoms with Crippen LogP contribution >= 0.6 is 0 Å². The molecule has 1 unspecified atom stereocenters. The molecule has 0 spiro atoms. The van der Waals surface area contributed by atoms with Crippen molar-refractivity contribution < 1.29 is 14.3 Å². The molecule has 0 fully saturated rings. The highest BCUT2D eigenvalue weighted by molar-refractivity contribution is 6.00. The predicted molar refractivity (Wildman–Crippen MR) is 111 cm³/mol. The number of carbonyl (C=O) groups excluding carboxylic acids is 2. The number of fused-ring (bicyclic) bond motifs is 1. The molecule has 4 heteroatoms. The molecule has 1 aliphatic rings. The summed E-state index contributed by atoms with van der Waals surface area (Å²) in [7, 11) is 1.55. The number of aryl methyl sites for hydroxylation is 3. The quantitative estimate of drug-likeness (QED) is 0.708. The maximum Gasteiger partial charge on any atom is 0.220 e. The molecule has 0 radical (unpaired) electrons. The van der Waals surface area contributed by atoms with Crippen molar-refractivity contribution in [1.82, 2.24) is 5.32 Å². The zero-order chi connectivity index (χ0) is 20.1. The number of amides is 1. The van der Waals surface area contributed by atoms with Crippen LogP contribution in [0.15, 0.2) is 36.4 Å². The minimum Gasteiger partial charge on any atom is -0.496 e. The molecule has 148 valence electrons. The molecule has 2 aromatic carbocycles. The molecule has 0 saturated carbocycles. The molecule has 4 nitrogen and oxygen atoms in total. The Balaban J connectivity index is 1.57. The fourth-order valence-electron chi connectivity index (χ4n) is 3.82. The number of ketones is 1. The van der Waals surface area contributed by atoms with Crippen LogP contribution in [0.4, 0.5) is 0 Å². The number of methoxy groups -OCH3 is 1. The lowest BCUT2D eigenvalue weighted by atomic mass is 9.89. The minimum absolute atomic E-state index is 0.0664. The van der Waals surface area contributed by atoms with Gasteiger partial charge < -0.3 is 10.1 Å². The first-order chi connectivity index (χ1) is 13.5. The Bertz CT molecular complexity index is 872. The van der Waals surface area contributed by atoms with Gasteiger partial charge in [-0.25, -0.2) is 0 Å². The highest BCUT2D eigenvalue weighted by Gasteiger charge is 2.17. The van der Waals surface area contributed by atoms with Crippen molar-refractivity contribution in [1.29, 1.82) is 0 Å². The van der Waals surface area contributed by atoms with Crippen LogP contribution in [0.2, 0.25) is 0 Å². The first-order valence-electron chi connectivity index (χ1n) is 10.1. The van der Waals surface area contributed by atoms with Crippen molar-refractivity contribution in [2.24, 2.45) is 0 Å². The van der Waals surface area contributed by atoms with Crippen molar-refractivity contribution in [3.8, 4) is 5.75 Å². The van der Waals surface area contributed by atoms with Gasteiger partial charge in [-0.15, -0.1) is 0 Å². The van der Waals surface area contributed by atoms with Crippen LogP contribution in [0.25, 0.3) is 0 Å². The van der Waals surface area contributed by atoms with E-state index in [4.69, 9.17) is 4.74 Å². The summed E-state index contributed by atoms with van der Waals surface area (Å²) in [5.74, 6) is 0.376. The third-order valence-electron chi connectivity index (χ3n) is 5.48. The molecule has 0 bridgehead atoms. The third kappa shape index (κ3) is 4.80. The molecule has 0 heterocycles. The molecular formula is C24H29NO3. The summed E-state index contributed by atoms with van der Waals surface area (Å²) in [6, 6.07) is 12.0.